The summed E-state index contributed by atoms with van der Waals surface area (Å²) in [6.07, 6.45) is 0.730. The Hall–Kier alpha value is -2.57. The number of para-hydroxylation sites is 1. The molecule has 7 heteroatoms. The van der Waals surface area contributed by atoms with Crippen LogP contribution in [0.5, 0.6) is 0 Å². The summed E-state index contributed by atoms with van der Waals surface area (Å²) in [4.78, 5) is 36.1. The number of hydrogen-bond donors (Lipinski definition) is 4. The Kier molecular flexibility index (Phi) is 8.61. The van der Waals surface area contributed by atoms with Crippen LogP contribution in [-0.4, -0.2) is 35.1 Å². The largest absolute Gasteiger partial charge is 0.480 e. The zero-order chi connectivity index (χ0) is 19.7. The van der Waals surface area contributed by atoms with Crippen LogP contribution in [0.4, 0.5) is 10.5 Å². The van der Waals surface area contributed by atoms with E-state index in [1.54, 1.807) is 24.3 Å². The van der Waals surface area contributed by atoms with E-state index in [4.69, 9.17) is 0 Å². The van der Waals surface area contributed by atoms with Gasteiger partial charge in [-0.05, 0) is 36.8 Å². The maximum atomic E-state index is 12.5. The molecule has 0 fully saturated rings. The van der Waals surface area contributed by atoms with Gasteiger partial charge in [-0.2, -0.15) is 0 Å². The van der Waals surface area contributed by atoms with Gasteiger partial charge in [-0.15, -0.1) is 0 Å². The van der Waals surface area contributed by atoms with Gasteiger partial charge in [0.15, 0.2) is 0 Å². The lowest BCUT2D eigenvalue weighted by molar-refractivity contribution is -0.142. The number of carbonyl (C=O) groups excluding carboxylic acids is 2. The van der Waals surface area contributed by atoms with Gasteiger partial charge >= 0.3 is 12.0 Å². The first-order valence-electron chi connectivity index (χ1n) is 8.84. The van der Waals surface area contributed by atoms with Crippen molar-refractivity contribution >= 4 is 23.6 Å². The van der Waals surface area contributed by atoms with Crippen molar-refractivity contribution in [3.05, 3.63) is 30.3 Å². The van der Waals surface area contributed by atoms with E-state index in [0.29, 0.717) is 18.5 Å². The number of hydrogen-bond acceptors (Lipinski definition) is 3. The van der Waals surface area contributed by atoms with Gasteiger partial charge in [-0.1, -0.05) is 45.9 Å². The van der Waals surface area contributed by atoms with Crippen LogP contribution in [0, 0.1) is 11.8 Å². The van der Waals surface area contributed by atoms with Crippen LogP contribution in [-0.2, 0) is 9.59 Å². The molecule has 144 valence electrons. The van der Waals surface area contributed by atoms with Gasteiger partial charge in [0, 0.05) is 5.69 Å². The van der Waals surface area contributed by atoms with Crippen molar-refractivity contribution in [1.82, 2.24) is 10.6 Å². The van der Waals surface area contributed by atoms with Gasteiger partial charge in [0.2, 0.25) is 5.91 Å². The highest BCUT2D eigenvalue weighted by Crippen LogP contribution is 2.10. The van der Waals surface area contributed by atoms with E-state index in [2.05, 4.69) is 16.0 Å². The number of anilines is 1. The van der Waals surface area contributed by atoms with Crippen LogP contribution in [0.2, 0.25) is 0 Å². The lowest BCUT2D eigenvalue weighted by atomic mass is 10.0. The highest BCUT2D eigenvalue weighted by Gasteiger charge is 2.27. The molecule has 1 aromatic carbocycles. The molecule has 0 heterocycles. The zero-order valence-electron chi connectivity index (χ0n) is 15.8. The Bertz CT molecular complexity index is 602. The third kappa shape index (κ3) is 8.00. The molecule has 0 bridgehead atoms. The third-order valence-electron chi connectivity index (χ3n) is 3.68. The number of rotatable bonds is 9. The topological polar surface area (TPSA) is 108 Å². The first-order chi connectivity index (χ1) is 12.2. The summed E-state index contributed by atoms with van der Waals surface area (Å²) in [5.74, 6) is -1.30. The van der Waals surface area contributed by atoms with E-state index in [1.165, 1.54) is 0 Å². The molecule has 0 aliphatic carbocycles. The summed E-state index contributed by atoms with van der Waals surface area (Å²) in [6.45, 7) is 7.64. The molecule has 0 saturated heterocycles. The summed E-state index contributed by atoms with van der Waals surface area (Å²) < 4.78 is 0. The fourth-order valence-corrected chi connectivity index (χ4v) is 2.52. The van der Waals surface area contributed by atoms with Crippen molar-refractivity contribution in [2.45, 2.75) is 52.6 Å². The molecule has 26 heavy (non-hydrogen) atoms. The van der Waals surface area contributed by atoms with E-state index in [0.717, 1.165) is 0 Å². The van der Waals surface area contributed by atoms with Crippen molar-refractivity contribution in [1.29, 1.82) is 0 Å². The molecule has 3 amide bonds. The highest BCUT2D eigenvalue weighted by atomic mass is 16.4. The Balaban J connectivity index is 2.76. The average molecular weight is 363 g/mol. The monoisotopic (exact) mass is 363 g/mol. The molecule has 0 aliphatic heterocycles. The summed E-state index contributed by atoms with van der Waals surface area (Å²) in [6, 6.07) is 6.59. The first-order valence-corrected chi connectivity index (χ1v) is 8.84. The second-order valence-corrected chi connectivity index (χ2v) is 7.18. The summed E-state index contributed by atoms with van der Waals surface area (Å²) in [7, 11) is 0. The smallest absolute Gasteiger partial charge is 0.326 e. The Morgan fingerprint density at radius 2 is 1.42 bits per heavy atom. The molecule has 7 nitrogen and oxygen atoms in total. The number of amides is 3. The molecule has 1 rings (SSSR count). The van der Waals surface area contributed by atoms with Crippen LogP contribution >= 0.6 is 0 Å². The average Bonchev–Trinajstić information content (AvgIpc) is 2.53. The second kappa shape index (κ2) is 10.4. The van der Waals surface area contributed by atoms with Crippen molar-refractivity contribution in [2.75, 3.05) is 5.32 Å². The summed E-state index contributed by atoms with van der Waals surface area (Å²) >= 11 is 0. The number of urea groups is 1. The van der Waals surface area contributed by atoms with E-state index in [9.17, 15) is 19.5 Å². The van der Waals surface area contributed by atoms with Crippen LogP contribution < -0.4 is 16.0 Å². The molecule has 0 saturated carbocycles. The lowest BCUT2D eigenvalue weighted by Crippen LogP contribution is -2.53. The molecule has 4 N–H and O–H groups in total. The van der Waals surface area contributed by atoms with Crippen LogP contribution in [0.15, 0.2) is 30.3 Å². The summed E-state index contributed by atoms with van der Waals surface area (Å²) in [5, 5.41) is 17.1. The predicted molar refractivity (Wildman–Crippen MR) is 101 cm³/mol. The fraction of sp³-hybridized carbons (Fsp3) is 0.526. The number of aliphatic carboxylic acids is 1. The normalized spacial score (nSPS) is 13.2. The molecule has 0 aromatic heterocycles. The van der Waals surface area contributed by atoms with Gasteiger partial charge in [-0.25, -0.2) is 9.59 Å². The number of nitrogens with one attached hydrogen (secondary N) is 3. The standard InChI is InChI=1S/C19H29N3O4/c1-12(2)10-15(17(23)21-16(18(24)25)11-13(3)4)22-19(26)20-14-8-6-5-7-9-14/h5-9,12-13,15-16H,10-11H2,1-4H3,(H,21,23)(H,24,25)(H2,20,22,26)/t15-,16+/m0/s1. The second-order valence-electron chi connectivity index (χ2n) is 7.18. The maximum Gasteiger partial charge on any atom is 0.326 e. The summed E-state index contributed by atoms with van der Waals surface area (Å²) in [5.41, 5.74) is 0.608. The number of carboxylic acids is 1. The van der Waals surface area contributed by atoms with Gasteiger partial charge in [0.25, 0.3) is 0 Å². The van der Waals surface area contributed by atoms with E-state index < -0.39 is 30.0 Å². The molecule has 0 aliphatic rings. The van der Waals surface area contributed by atoms with Crippen molar-refractivity contribution in [2.24, 2.45) is 11.8 Å². The van der Waals surface area contributed by atoms with Crippen LogP contribution in [0.1, 0.15) is 40.5 Å². The van der Waals surface area contributed by atoms with Gasteiger partial charge < -0.3 is 21.1 Å². The molecular weight excluding hydrogens is 334 g/mol. The number of benzene rings is 1. The lowest BCUT2D eigenvalue weighted by Gasteiger charge is -2.23. The minimum Gasteiger partial charge on any atom is -0.480 e. The Morgan fingerprint density at radius 3 is 1.92 bits per heavy atom. The van der Waals surface area contributed by atoms with Gasteiger partial charge in [0.05, 0.1) is 0 Å². The van der Waals surface area contributed by atoms with Gasteiger partial charge in [-0.3, -0.25) is 4.79 Å². The minimum absolute atomic E-state index is 0.120. The minimum atomic E-state index is -1.08. The van der Waals surface area contributed by atoms with E-state index >= 15 is 0 Å². The first kappa shape index (κ1) is 21.5. The van der Waals surface area contributed by atoms with Gasteiger partial charge in [0.1, 0.15) is 12.1 Å². The van der Waals surface area contributed by atoms with E-state index in [-0.39, 0.29) is 11.8 Å². The van der Waals surface area contributed by atoms with Crippen molar-refractivity contribution in [3.8, 4) is 0 Å². The molecule has 0 unspecified atom stereocenters. The van der Waals surface area contributed by atoms with E-state index in [1.807, 2.05) is 33.8 Å². The molecule has 2 atom stereocenters. The van der Waals surface area contributed by atoms with Crippen LogP contribution in [0.25, 0.3) is 0 Å². The van der Waals surface area contributed by atoms with Crippen LogP contribution in [0.3, 0.4) is 0 Å². The zero-order valence-corrected chi connectivity index (χ0v) is 15.8. The van der Waals surface area contributed by atoms with Crippen molar-refractivity contribution in [3.63, 3.8) is 0 Å². The van der Waals surface area contributed by atoms with Crippen molar-refractivity contribution < 1.29 is 19.5 Å². The molecule has 0 spiro atoms. The molecule has 1 aromatic rings. The molecular formula is C19H29N3O4. The third-order valence-corrected chi connectivity index (χ3v) is 3.68. The Labute approximate surface area is 154 Å². The maximum absolute atomic E-state index is 12.5. The highest BCUT2D eigenvalue weighted by molar-refractivity contribution is 5.94. The number of carboxylic acid groups (broad SMARTS) is 1. The molecule has 0 radical (unpaired) electrons. The quantitative estimate of drug-likeness (QED) is 0.541. The predicted octanol–water partition coefficient (Wildman–Crippen LogP) is 2.84. The number of carbonyl (C=O) groups is 3. The Morgan fingerprint density at radius 1 is 0.885 bits per heavy atom. The SMILES string of the molecule is CC(C)C[C@H](NC(=O)Nc1ccccc1)C(=O)N[C@H](CC(C)C)C(=O)O. The fourth-order valence-electron chi connectivity index (χ4n) is 2.52.